The Morgan fingerprint density at radius 3 is 2.40 bits per heavy atom. The lowest BCUT2D eigenvalue weighted by molar-refractivity contribution is 0.666. The van der Waals surface area contributed by atoms with Gasteiger partial charge < -0.3 is 0 Å². The Labute approximate surface area is 127 Å². The molecule has 0 saturated heterocycles. The van der Waals surface area contributed by atoms with Crippen LogP contribution >= 0.6 is 15.9 Å². The van der Waals surface area contributed by atoms with Crippen LogP contribution < -0.4 is 0 Å². The number of halogens is 1. The zero-order valence-corrected chi connectivity index (χ0v) is 13.2. The molecule has 4 rings (SSSR count). The van der Waals surface area contributed by atoms with Crippen molar-refractivity contribution in [1.82, 2.24) is 0 Å². The zero-order valence-electron chi connectivity index (χ0n) is 11.6. The molecule has 20 heavy (non-hydrogen) atoms. The van der Waals surface area contributed by atoms with Gasteiger partial charge in [0.2, 0.25) is 0 Å². The molecule has 3 aromatic carbocycles. The number of hydrogen-bond donors (Lipinski definition) is 0. The summed E-state index contributed by atoms with van der Waals surface area (Å²) in [6.07, 6.45) is 0. The lowest BCUT2D eigenvalue weighted by atomic mass is 9.80. The Kier molecular flexibility index (Phi) is 2.41. The number of fused-ring (bicyclic) bond motifs is 5. The van der Waals surface area contributed by atoms with E-state index in [1.54, 1.807) is 0 Å². The molecule has 0 unspecified atom stereocenters. The van der Waals surface area contributed by atoms with Gasteiger partial charge in [-0.15, -0.1) is 0 Å². The van der Waals surface area contributed by atoms with Gasteiger partial charge in [-0.3, -0.25) is 0 Å². The minimum absolute atomic E-state index is 0.0617. The molecule has 0 radical (unpaired) electrons. The van der Waals surface area contributed by atoms with Crippen LogP contribution in [0.25, 0.3) is 21.9 Å². The standard InChI is InChI=1S/C19H15Br/c1-19(2)16-8-4-3-6-12(16)15-11-10-13-14(18(15)19)7-5-9-17(13)20/h3-11H,1-2H3. The first kappa shape index (κ1) is 12.2. The van der Waals surface area contributed by atoms with E-state index in [2.05, 4.69) is 84.4 Å². The molecule has 0 nitrogen and oxygen atoms in total. The third kappa shape index (κ3) is 1.42. The highest BCUT2D eigenvalue weighted by Gasteiger charge is 2.36. The van der Waals surface area contributed by atoms with Crippen LogP contribution in [0.1, 0.15) is 25.0 Å². The Hall–Kier alpha value is -1.60. The van der Waals surface area contributed by atoms with E-state index in [1.165, 1.54) is 37.5 Å². The van der Waals surface area contributed by atoms with Gasteiger partial charge in [-0.2, -0.15) is 0 Å². The molecule has 0 atom stereocenters. The van der Waals surface area contributed by atoms with Gasteiger partial charge in [-0.05, 0) is 39.1 Å². The van der Waals surface area contributed by atoms with Crippen LogP contribution in [0.4, 0.5) is 0 Å². The second kappa shape index (κ2) is 3.95. The normalized spacial score (nSPS) is 15.2. The maximum atomic E-state index is 3.68. The maximum absolute atomic E-state index is 3.68. The van der Waals surface area contributed by atoms with Gasteiger partial charge in [0.25, 0.3) is 0 Å². The molecule has 0 aliphatic heterocycles. The quantitative estimate of drug-likeness (QED) is 0.482. The molecule has 0 spiro atoms. The largest absolute Gasteiger partial charge is 0.0619 e. The van der Waals surface area contributed by atoms with Crippen LogP contribution in [0, 0.1) is 0 Å². The van der Waals surface area contributed by atoms with Crippen molar-refractivity contribution in [2.24, 2.45) is 0 Å². The number of hydrogen-bond acceptors (Lipinski definition) is 0. The molecule has 1 heteroatoms. The molecule has 98 valence electrons. The van der Waals surface area contributed by atoms with Crippen LogP contribution in [0.15, 0.2) is 59.1 Å². The van der Waals surface area contributed by atoms with Crippen LogP contribution in [0.3, 0.4) is 0 Å². The van der Waals surface area contributed by atoms with Crippen molar-refractivity contribution in [1.29, 1.82) is 0 Å². The SMILES string of the molecule is CC1(C)c2ccccc2-c2ccc3c(Br)cccc3c21. The highest BCUT2D eigenvalue weighted by Crippen LogP contribution is 2.51. The smallest absolute Gasteiger partial charge is 0.0253 e. The highest BCUT2D eigenvalue weighted by atomic mass is 79.9. The van der Waals surface area contributed by atoms with Gasteiger partial charge in [0.15, 0.2) is 0 Å². The van der Waals surface area contributed by atoms with Crippen LogP contribution in [0.5, 0.6) is 0 Å². The van der Waals surface area contributed by atoms with E-state index in [4.69, 9.17) is 0 Å². The van der Waals surface area contributed by atoms with E-state index >= 15 is 0 Å². The van der Waals surface area contributed by atoms with Gasteiger partial charge in [0.05, 0.1) is 0 Å². The summed E-state index contributed by atoms with van der Waals surface area (Å²) < 4.78 is 1.17. The fourth-order valence-corrected chi connectivity index (χ4v) is 4.11. The Morgan fingerprint density at radius 2 is 1.55 bits per heavy atom. The molecule has 0 bridgehead atoms. The molecule has 0 saturated carbocycles. The fraction of sp³-hybridized carbons (Fsp3) is 0.158. The van der Waals surface area contributed by atoms with Crippen LogP contribution in [-0.2, 0) is 5.41 Å². The first-order valence-corrected chi connectivity index (χ1v) is 7.71. The van der Waals surface area contributed by atoms with Crippen molar-refractivity contribution in [2.45, 2.75) is 19.3 Å². The molecule has 1 aliphatic rings. The predicted molar refractivity (Wildman–Crippen MR) is 89.2 cm³/mol. The van der Waals surface area contributed by atoms with Crippen molar-refractivity contribution in [3.63, 3.8) is 0 Å². The van der Waals surface area contributed by atoms with E-state index in [0.29, 0.717) is 0 Å². The molecule has 0 aromatic heterocycles. The summed E-state index contributed by atoms with van der Waals surface area (Å²) in [5.41, 5.74) is 5.72. The summed E-state index contributed by atoms with van der Waals surface area (Å²) in [5, 5.41) is 2.66. The van der Waals surface area contributed by atoms with Crippen LogP contribution in [0.2, 0.25) is 0 Å². The zero-order chi connectivity index (χ0) is 13.9. The summed E-state index contributed by atoms with van der Waals surface area (Å²) >= 11 is 3.68. The topological polar surface area (TPSA) is 0 Å². The average Bonchev–Trinajstić information content (AvgIpc) is 2.69. The van der Waals surface area contributed by atoms with E-state index in [9.17, 15) is 0 Å². The van der Waals surface area contributed by atoms with Crippen molar-refractivity contribution < 1.29 is 0 Å². The third-order valence-corrected chi connectivity index (χ3v) is 5.22. The van der Waals surface area contributed by atoms with E-state index in [0.717, 1.165) is 0 Å². The first-order chi connectivity index (χ1) is 9.60. The summed E-state index contributed by atoms with van der Waals surface area (Å²) in [5.74, 6) is 0. The molecule has 0 fully saturated rings. The summed E-state index contributed by atoms with van der Waals surface area (Å²) in [4.78, 5) is 0. The molecule has 0 amide bonds. The molecule has 0 N–H and O–H groups in total. The summed E-state index contributed by atoms with van der Waals surface area (Å²) in [6, 6.07) is 19.8. The number of rotatable bonds is 0. The average molecular weight is 323 g/mol. The van der Waals surface area contributed by atoms with Gasteiger partial charge in [-0.1, -0.05) is 78.3 Å². The van der Waals surface area contributed by atoms with Gasteiger partial charge in [0, 0.05) is 9.89 Å². The van der Waals surface area contributed by atoms with Crippen LogP contribution in [-0.4, -0.2) is 0 Å². The van der Waals surface area contributed by atoms with Crippen molar-refractivity contribution in [3.05, 3.63) is 70.2 Å². The van der Waals surface area contributed by atoms with E-state index in [1.807, 2.05) is 0 Å². The lowest BCUT2D eigenvalue weighted by Gasteiger charge is -2.23. The van der Waals surface area contributed by atoms with E-state index in [-0.39, 0.29) is 5.41 Å². The Bertz CT molecular complexity index is 844. The molecular formula is C19H15Br. The third-order valence-electron chi connectivity index (χ3n) is 4.52. The summed E-state index contributed by atoms with van der Waals surface area (Å²) in [6.45, 7) is 4.66. The molecular weight excluding hydrogens is 308 g/mol. The van der Waals surface area contributed by atoms with Crippen molar-refractivity contribution in [2.75, 3.05) is 0 Å². The van der Waals surface area contributed by atoms with Crippen molar-refractivity contribution in [3.8, 4) is 11.1 Å². The minimum Gasteiger partial charge on any atom is -0.0619 e. The second-order valence-corrected chi connectivity index (χ2v) is 6.85. The fourth-order valence-electron chi connectivity index (χ4n) is 3.61. The Balaban J connectivity index is 2.20. The summed E-state index contributed by atoms with van der Waals surface area (Å²) in [7, 11) is 0. The minimum atomic E-state index is 0.0617. The van der Waals surface area contributed by atoms with Gasteiger partial charge >= 0.3 is 0 Å². The number of benzene rings is 3. The first-order valence-electron chi connectivity index (χ1n) is 6.92. The maximum Gasteiger partial charge on any atom is 0.0253 e. The lowest BCUT2D eigenvalue weighted by Crippen LogP contribution is -2.15. The molecule has 3 aromatic rings. The second-order valence-electron chi connectivity index (χ2n) is 5.99. The van der Waals surface area contributed by atoms with E-state index < -0.39 is 0 Å². The molecule has 0 heterocycles. The monoisotopic (exact) mass is 322 g/mol. The predicted octanol–water partition coefficient (Wildman–Crippen LogP) is 5.91. The molecule has 1 aliphatic carbocycles. The van der Waals surface area contributed by atoms with Crippen molar-refractivity contribution >= 4 is 26.7 Å². The highest BCUT2D eigenvalue weighted by molar-refractivity contribution is 9.10. The Morgan fingerprint density at radius 1 is 0.750 bits per heavy atom. The van der Waals surface area contributed by atoms with Gasteiger partial charge in [0.1, 0.15) is 0 Å². The van der Waals surface area contributed by atoms with Gasteiger partial charge in [-0.25, -0.2) is 0 Å².